The first kappa shape index (κ1) is 9.72. The van der Waals surface area contributed by atoms with Gasteiger partial charge >= 0.3 is 0 Å². The number of fused-ring (bicyclic) bond motifs is 1. The summed E-state index contributed by atoms with van der Waals surface area (Å²) in [5.41, 5.74) is 9.13. The zero-order chi connectivity index (χ0) is 10.5. The maximum absolute atomic E-state index is 2.39. The summed E-state index contributed by atoms with van der Waals surface area (Å²) >= 11 is 0. The van der Waals surface area contributed by atoms with Crippen LogP contribution in [0.15, 0.2) is 0 Å². The highest BCUT2D eigenvalue weighted by atomic mass is 15.1. The van der Waals surface area contributed by atoms with E-state index in [1.54, 1.807) is 11.1 Å². The molecule has 0 atom stereocenters. The van der Waals surface area contributed by atoms with Gasteiger partial charge in [0.25, 0.3) is 0 Å². The minimum Gasteiger partial charge on any atom is -0.298 e. The Morgan fingerprint density at radius 1 is 0.714 bits per heavy atom. The molecule has 1 heteroatoms. The fraction of sp³-hybridized carbons (Fsp3) is 0.538. The summed E-state index contributed by atoms with van der Waals surface area (Å²) < 4.78 is 0. The van der Waals surface area contributed by atoms with Crippen molar-refractivity contribution in [3.8, 4) is 0 Å². The van der Waals surface area contributed by atoms with Crippen LogP contribution in [-0.4, -0.2) is 11.9 Å². The monoisotopic (exact) mass is 189 g/mol. The lowest BCUT2D eigenvalue weighted by molar-refractivity contribution is 0.352. The fourth-order valence-electron chi connectivity index (χ4n) is 2.49. The molecule has 0 radical (unpaired) electrons. The van der Waals surface area contributed by atoms with Crippen molar-refractivity contribution in [2.45, 2.75) is 40.8 Å². The molecule has 0 bridgehead atoms. The molecule has 1 aliphatic heterocycles. The van der Waals surface area contributed by atoms with Crippen LogP contribution in [0.3, 0.4) is 0 Å². The normalized spacial score (nSPS) is 16.1. The van der Waals surface area contributed by atoms with Crippen molar-refractivity contribution in [3.63, 3.8) is 0 Å². The molecule has 1 aliphatic rings. The molecule has 0 fully saturated rings. The summed E-state index contributed by atoms with van der Waals surface area (Å²) in [5, 5.41) is 0. The second kappa shape index (κ2) is 3.09. The van der Waals surface area contributed by atoms with Crippen LogP contribution in [0.4, 0.5) is 0 Å². The van der Waals surface area contributed by atoms with Crippen molar-refractivity contribution in [1.82, 2.24) is 4.90 Å². The van der Waals surface area contributed by atoms with E-state index < -0.39 is 0 Å². The summed E-state index contributed by atoms with van der Waals surface area (Å²) in [7, 11) is 2.20. The van der Waals surface area contributed by atoms with E-state index in [0.29, 0.717) is 0 Å². The number of benzene rings is 1. The van der Waals surface area contributed by atoms with Gasteiger partial charge in [-0.25, -0.2) is 0 Å². The fourth-order valence-corrected chi connectivity index (χ4v) is 2.49. The van der Waals surface area contributed by atoms with E-state index in [9.17, 15) is 0 Å². The highest BCUT2D eigenvalue weighted by molar-refractivity contribution is 5.51. The molecule has 0 amide bonds. The predicted octanol–water partition coefficient (Wildman–Crippen LogP) is 2.87. The molecule has 1 aromatic rings. The highest BCUT2D eigenvalue weighted by Crippen LogP contribution is 2.32. The summed E-state index contributed by atoms with van der Waals surface area (Å²) in [6, 6.07) is 0. The Balaban J connectivity index is 2.70. The molecule has 0 saturated heterocycles. The number of hydrogen-bond acceptors (Lipinski definition) is 1. The average Bonchev–Trinajstić information content (AvgIpc) is 2.54. The highest BCUT2D eigenvalue weighted by Gasteiger charge is 2.22. The summed E-state index contributed by atoms with van der Waals surface area (Å²) in [6.07, 6.45) is 0. The smallest absolute Gasteiger partial charge is 0.0240 e. The zero-order valence-corrected chi connectivity index (χ0v) is 9.86. The lowest BCUT2D eigenvalue weighted by atomic mass is 9.90. The van der Waals surface area contributed by atoms with Crippen molar-refractivity contribution < 1.29 is 0 Å². The SMILES string of the molecule is Cc1c(C)c(C)c2c(c1C)CN(C)C2. The summed E-state index contributed by atoms with van der Waals surface area (Å²) in [6.45, 7) is 11.3. The van der Waals surface area contributed by atoms with Crippen LogP contribution in [0.5, 0.6) is 0 Å². The lowest BCUT2D eigenvalue weighted by Gasteiger charge is -2.14. The van der Waals surface area contributed by atoms with Gasteiger partial charge in [-0.05, 0) is 68.1 Å². The minimum atomic E-state index is 1.13. The Kier molecular flexibility index (Phi) is 2.15. The van der Waals surface area contributed by atoms with Gasteiger partial charge < -0.3 is 0 Å². The molecular weight excluding hydrogens is 170 g/mol. The Morgan fingerprint density at radius 3 is 1.43 bits per heavy atom. The lowest BCUT2D eigenvalue weighted by Crippen LogP contribution is -2.07. The number of rotatable bonds is 0. The van der Waals surface area contributed by atoms with Crippen molar-refractivity contribution in [3.05, 3.63) is 33.4 Å². The molecule has 1 nitrogen and oxygen atoms in total. The summed E-state index contributed by atoms with van der Waals surface area (Å²) in [5.74, 6) is 0. The van der Waals surface area contributed by atoms with Gasteiger partial charge in [0.2, 0.25) is 0 Å². The molecule has 0 spiro atoms. The van der Waals surface area contributed by atoms with Crippen molar-refractivity contribution in [2.75, 3.05) is 7.05 Å². The van der Waals surface area contributed by atoms with Crippen molar-refractivity contribution in [2.24, 2.45) is 0 Å². The molecule has 0 N–H and O–H groups in total. The molecular formula is C13H19N. The molecule has 1 heterocycles. The molecule has 14 heavy (non-hydrogen) atoms. The van der Waals surface area contributed by atoms with Gasteiger partial charge in [0, 0.05) is 13.1 Å². The molecule has 0 aromatic heterocycles. The summed E-state index contributed by atoms with van der Waals surface area (Å²) in [4.78, 5) is 2.39. The van der Waals surface area contributed by atoms with Gasteiger partial charge in [0.15, 0.2) is 0 Å². The molecule has 2 rings (SSSR count). The van der Waals surface area contributed by atoms with Crippen LogP contribution in [0.25, 0.3) is 0 Å². The maximum atomic E-state index is 2.39. The van der Waals surface area contributed by atoms with Gasteiger partial charge in [0.1, 0.15) is 0 Å². The van der Waals surface area contributed by atoms with Gasteiger partial charge in [0.05, 0.1) is 0 Å². The van der Waals surface area contributed by atoms with Crippen molar-refractivity contribution >= 4 is 0 Å². The molecule has 76 valence electrons. The van der Waals surface area contributed by atoms with Crippen LogP contribution in [0, 0.1) is 27.7 Å². The Hall–Kier alpha value is -0.820. The Morgan fingerprint density at radius 2 is 1.07 bits per heavy atom. The van der Waals surface area contributed by atoms with Crippen LogP contribution >= 0.6 is 0 Å². The number of hydrogen-bond donors (Lipinski definition) is 0. The van der Waals surface area contributed by atoms with E-state index in [-0.39, 0.29) is 0 Å². The van der Waals surface area contributed by atoms with E-state index in [4.69, 9.17) is 0 Å². The van der Waals surface area contributed by atoms with Crippen LogP contribution in [-0.2, 0) is 13.1 Å². The predicted molar refractivity (Wildman–Crippen MR) is 60.6 cm³/mol. The van der Waals surface area contributed by atoms with Crippen LogP contribution in [0.1, 0.15) is 33.4 Å². The minimum absolute atomic E-state index is 1.13. The van der Waals surface area contributed by atoms with Gasteiger partial charge in [-0.1, -0.05) is 0 Å². The third-order valence-corrected chi connectivity index (χ3v) is 3.81. The first-order valence-electron chi connectivity index (χ1n) is 5.29. The molecule has 0 unspecified atom stereocenters. The van der Waals surface area contributed by atoms with Gasteiger partial charge in [-0.15, -0.1) is 0 Å². The van der Waals surface area contributed by atoms with Gasteiger partial charge in [-0.2, -0.15) is 0 Å². The molecule has 0 saturated carbocycles. The first-order valence-corrected chi connectivity index (χ1v) is 5.29. The topological polar surface area (TPSA) is 3.24 Å². The van der Waals surface area contributed by atoms with Crippen molar-refractivity contribution in [1.29, 1.82) is 0 Å². The maximum Gasteiger partial charge on any atom is 0.0240 e. The third kappa shape index (κ3) is 1.19. The third-order valence-electron chi connectivity index (χ3n) is 3.81. The van der Waals surface area contributed by atoms with Crippen LogP contribution < -0.4 is 0 Å². The number of nitrogens with zero attached hydrogens (tertiary/aromatic N) is 1. The van der Waals surface area contributed by atoms with E-state index >= 15 is 0 Å². The van der Waals surface area contributed by atoms with E-state index in [2.05, 4.69) is 39.6 Å². The average molecular weight is 189 g/mol. The molecule has 0 aliphatic carbocycles. The standard InChI is InChI=1S/C13H19N/c1-8-9(2)11(4)13-7-14(5)6-12(13)10(8)3/h6-7H2,1-5H3. The van der Waals surface area contributed by atoms with Crippen LogP contribution in [0.2, 0.25) is 0 Å². The Labute approximate surface area is 86.7 Å². The van der Waals surface area contributed by atoms with Gasteiger partial charge in [-0.3, -0.25) is 4.90 Å². The van der Waals surface area contributed by atoms with E-state index in [1.165, 1.54) is 22.3 Å². The molecule has 1 aromatic carbocycles. The largest absolute Gasteiger partial charge is 0.298 e. The second-order valence-electron chi connectivity index (χ2n) is 4.63. The second-order valence-corrected chi connectivity index (χ2v) is 4.63. The van der Waals surface area contributed by atoms with E-state index in [0.717, 1.165) is 13.1 Å². The van der Waals surface area contributed by atoms with E-state index in [1.807, 2.05) is 0 Å². The zero-order valence-electron chi connectivity index (χ0n) is 9.86. The Bertz CT molecular complexity index is 354. The quantitative estimate of drug-likeness (QED) is 0.606. The first-order chi connectivity index (χ1) is 6.52.